The van der Waals surface area contributed by atoms with Gasteiger partial charge in [-0.3, -0.25) is 9.59 Å². The molecule has 0 unspecified atom stereocenters. The zero-order valence-corrected chi connectivity index (χ0v) is 22.6. The van der Waals surface area contributed by atoms with Gasteiger partial charge in [0.25, 0.3) is 0 Å². The molecule has 0 aromatic carbocycles. The lowest BCUT2D eigenvalue weighted by atomic mass is 10.0. The normalized spacial score (nSPS) is 12.0. The van der Waals surface area contributed by atoms with Crippen LogP contribution in [-0.2, 0) is 19.1 Å². The number of unbranched alkanes of at least 4 members (excludes halogenated alkanes) is 18. The third kappa shape index (κ3) is 24.0. The third-order valence-electron chi connectivity index (χ3n) is 6.40. The van der Waals surface area contributed by atoms with E-state index >= 15 is 0 Å². The Bertz CT molecular complexity index is 452. The number of carbonyl (C=O) groups is 2. The Morgan fingerprint density at radius 3 is 1.29 bits per heavy atom. The fourth-order valence-corrected chi connectivity index (χ4v) is 4.14. The van der Waals surface area contributed by atoms with E-state index in [4.69, 9.17) is 9.47 Å². The van der Waals surface area contributed by atoms with Gasteiger partial charge in [-0.2, -0.15) is 0 Å². The molecule has 34 heavy (non-hydrogen) atoms. The number of carbonyl (C=O) groups excluding carboxylic acids is 2. The Balaban J connectivity index is 3.51. The van der Waals surface area contributed by atoms with Gasteiger partial charge in [-0.15, -0.1) is 0 Å². The first-order chi connectivity index (χ1) is 16.6. The molecule has 202 valence electrons. The first-order valence-corrected chi connectivity index (χ1v) is 14.6. The van der Waals surface area contributed by atoms with Crippen LogP contribution < -0.4 is 0 Å². The number of aliphatic hydroxyl groups is 1. The van der Waals surface area contributed by atoms with Gasteiger partial charge >= 0.3 is 11.9 Å². The second-order valence-corrected chi connectivity index (χ2v) is 9.84. The van der Waals surface area contributed by atoms with E-state index in [1.54, 1.807) is 0 Å². The fraction of sp³-hybridized carbons (Fsp3) is 0.931. The van der Waals surface area contributed by atoms with E-state index in [0.717, 1.165) is 38.5 Å². The first kappa shape index (κ1) is 32.9. The molecule has 0 rings (SSSR count). The molecule has 0 radical (unpaired) electrons. The highest BCUT2D eigenvalue weighted by atomic mass is 16.6. The van der Waals surface area contributed by atoms with Crippen molar-refractivity contribution >= 4 is 11.9 Å². The molecular weight excluding hydrogens is 428 g/mol. The molecule has 1 atom stereocenters. The summed E-state index contributed by atoms with van der Waals surface area (Å²) in [7, 11) is 0. The van der Waals surface area contributed by atoms with Crippen molar-refractivity contribution < 1.29 is 24.2 Å². The van der Waals surface area contributed by atoms with E-state index in [1.165, 1.54) is 89.9 Å². The molecule has 0 fully saturated rings. The minimum absolute atomic E-state index is 0.0606. The van der Waals surface area contributed by atoms with Crippen LogP contribution in [0, 0.1) is 0 Å². The van der Waals surface area contributed by atoms with Gasteiger partial charge in [0.2, 0.25) is 0 Å². The summed E-state index contributed by atoms with van der Waals surface area (Å²) in [5.41, 5.74) is 0. The molecule has 5 heteroatoms. The van der Waals surface area contributed by atoms with E-state index in [9.17, 15) is 14.7 Å². The number of hydrogen-bond donors (Lipinski definition) is 1. The molecule has 0 heterocycles. The summed E-state index contributed by atoms with van der Waals surface area (Å²) >= 11 is 0. The van der Waals surface area contributed by atoms with E-state index in [1.807, 2.05) is 0 Å². The average molecular weight is 485 g/mol. The summed E-state index contributed by atoms with van der Waals surface area (Å²) in [5.74, 6) is -0.599. The highest BCUT2D eigenvalue weighted by molar-refractivity contribution is 5.70. The third-order valence-corrected chi connectivity index (χ3v) is 6.40. The Hall–Kier alpha value is -1.10. The molecule has 0 amide bonds. The lowest BCUT2D eigenvalue weighted by Crippen LogP contribution is -2.28. The molecule has 0 spiro atoms. The maximum Gasteiger partial charge on any atom is 0.306 e. The van der Waals surface area contributed by atoms with Crippen LogP contribution in [-0.4, -0.2) is 36.4 Å². The van der Waals surface area contributed by atoms with E-state index in [-0.39, 0.29) is 25.2 Å². The highest BCUT2D eigenvalue weighted by Crippen LogP contribution is 2.14. The van der Waals surface area contributed by atoms with E-state index < -0.39 is 6.10 Å². The van der Waals surface area contributed by atoms with Crippen molar-refractivity contribution in [2.24, 2.45) is 0 Å². The van der Waals surface area contributed by atoms with Crippen molar-refractivity contribution in [1.82, 2.24) is 0 Å². The van der Waals surface area contributed by atoms with Crippen LogP contribution in [0.25, 0.3) is 0 Å². The smallest absolute Gasteiger partial charge is 0.306 e. The van der Waals surface area contributed by atoms with Gasteiger partial charge < -0.3 is 14.6 Å². The topological polar surface area (TPSA) is 72.8 Å². The summed E-state index contributed by atoms with van der Waals surface area (Å²) in [6, 6.07) is 0. The predicted molar refractivity (Wildman–Crippen MR) is 141 cm³/mol. The summed E-state index contributed by atoms with van der Waals surface area (Å²) in [4.78, 5) is 23.8. The Labute approximate surface area is 210 Å². The minimum Gasteiger partial charge on any atom is -0.462 e. The number of aliphatic hydroxyl groups excluding tert-OH is 1. The average Bonchev–Trinajstić information content (AvgIpc) is 2.84. The SMILES string of the molecule is CCCCCCCCCCCCCCCCCC(=O)O[C@@H](CO)COC(=O)CCCCCCC. The number of hydrogen-bond acceptors (Lipinski definition) is 5. The van der Waals surface area contributed by atoms with E-state index in [2.05, 4.69) is 13.8 Å². The van der Waals surface area contributed by atoms with Crippen LogP contribution in [0.2, 0.25) is 0 Å². The van der Waals surface area contributed by atoms with Gasteiger partial charge in [0.15, 0.2) is 6.10 Å². The molecule has 0 aliphatic rings. The predicted octanol–water partition coefficient (Wildman–Crippen LogP) is 8.06. The quantitative estimate of drug-likeness (QED) is 0.0992. The fourth-order valence-electron chi connectivity index (χ4n) is 4.14. The van der Waals surface area contributed by atoms with Gasteiger partial charge in [-0.05, 0) is 12.8 Å². The summed E-state index contributed by atoms with van der Waals surface area (Å²) in [6.45, 7) is 4.04. The van der Waals surface area contributed by atoms with Crippen molar-refractivity contribution in [3.63, 3.8) is 0 Å². The number of esters is 2. The van der Waals surface area contributed by atoms with Crippen molar-refractivity contribution in [1.29, 1.82) is 0 Å². The van der Waals surface area contributed by atoms with Crippen LogP contribution in [0.3, 0.4) is 0 Å². The van der Waals surface area contributed by atoms with Gasteiger partial charge in [-0.1, -0.05) is 129 Å². The number of rotatable bonds is 26. The second-order valence-electron chi connectivity index (χ2n) is 9.84. The van der Waals surface area contributed by atoms with Crippen molar-refractivity contribution in [2.45, 2.75) is 161 Å². The first-order valence-electron chi connectivity index (χ1n) is 14.6. The maximum absolute atomic E-state index is 12.0. The van der Waals surface area contributed by atoms with Crippen molar-refractivity contribution in [3.8, 4) is 0 Å². The minimum atomic E-state index is -0.757. The van der Waals surface area contributed by atoms with Crippen LogP contribution >= 0.6 is 0 Å². The van der Waals surface area contributed by atoms with Crippen LogP contribution in [0.4, 0.5) is 0 Å². The molecule has 0 aromatic heterocycles. The van der Waals surface area contributed by atoms with Gasteiger partial charge in [0, 0.05) is 12.8 Å². The Morgan fingerprint density at radius 2 is 0.912 bits per heavy atom. The van der Waals surface area contributed by atoms with Gasteiger partial charge in [-0.25, -0.2) is 0 Å². The summed E-state index contributed by atoms with van der Waals surface area (Å²) in [5, 5.41) is 9.40. The Morgan fingerprint density at radius 1 is 0.559 bits per heavy atom. The van der Waals surface area contributed by atoms with Crippen molar-refractivity contribution in [2.75, 3.05) is 13.2 Å². The van der Waals surface area contributed by atoms with Crippen LogP contribution in [0.5, 0.6) is 0 Å². The molecule has 0 bridgehead atoms. The molecule has 5 nitrogen and oxygen atoms in total. The lowest BCUT2D eigenvalue weighted by molar-refractivity contribution is -0.161. The molecule has 1 N–H and O–H groups in total. The lowest BCUT2D eigenvalue weighted by Gasteiger charge is -2.15. The monoisotopic (exact) mass is 484 g/mol. The summed E-state index contributed by atoms with van der Waals surface area (Å²) in [6.07, 6.45) is 24.7. The molecule has 0 aliphatic heterocycles. The standard InChI is InChI=1S/C29H56O5/c1-3-5-7-9-10-11-12-13-14-15-16-17-18-20-22-24-29(32)34-27(25-30)26-33-28(31)23-21-19-8-6-4-2/h27,30H,3-26H2,1-2H3/t27-/m0/s1. The van der Waals surface area contributed by atoms with E-state index in [0.29, 0.717) is 12.8 Å². The summed E-state index contributed by atoms with van der Waals surface area (Å²) < 4.78 is 10.4. The Kier molecular flexibility index (Phi) is 25.6. The number of ether oxygens (including phenoxy) is 2. The zero-order valence-electron chi connectivity index (χ0n) is 22.6. The van der Waals surface area contributed by atoms with Crippen LogP contribution in [0.1, 0.15) is 155 Å². The van der Waals surface area contributed by atoms with Crippen molar-refractivity contribution in [3.05, 3.63) is 0 Å². The molecular formula is C29H56O5. The molecule has 0 aromatic rings. The second kappa shape index (κ2) is 26.5. The molecule has 0 saturated heterocycles. The van der Waals surface area contributed by atoms with Crippen LogP contribution in [0.15, 0.2) is 0 Å². The highest BCUT2D eigenvalue weighted by Gasteiger charge is 2.16. The van der Waals surface area contributed by atoms with Gasteiger partial charge in [0.05, 0.1) is 6.61 Å². The van der Waals surface area contributed by atoms with Gasteiger partial charge in [0.1, 0.15) is 6.61 Å². The molecule has 0 saturated carbocycles. The largest absolute Gasteiger partial charge is 0.462 e. The zero-order chi connectivity index (χ0) is 25.1. The molecule has 0 aliphatic carbocycles. The maximum atomic E-state index is 12.0.